The first-order chi connectivity index (χ1) is 13.4. The zero-order valence-corrected chi connectivity index (χ0v) is 14.7. The molecule has 4 rings (SSSR count). The molecule has 2 aromatic carbocycles. The average Bonchev–Trinajstić information content (AvgIpc) is 3.25. The second kappa shape index (κ2) is 6.62. The molecule has 0 atom stereocenters. The Morgan fingerprint density at radius 1 is 1.14 bits per heavy atom. The van der Waals surface area contributed by atoms with Gasteiger partial charge in [0.05, 0.1) is 11.2 Å². The van der Waals surface area contributed by atoms with E-state index in [1.807, 2.05) is 0 Å². The maximum absolute atomic E-state index is 13.1. The van der Waals surface area contributed by atoms with Crippen molar-refractivity contribution in [3.8, 4) is 5.69 Å². The number of fused-ring (bicyclic) bond motifs is 1. The van der Waals surface area contributed by atoms with Crippen LogP contribution in [0.3, 0.4) is 0 Å². The molecule has 0 fully saturated rings. The summed E-state index contributed by atoms with van der Waals surface area (Å²) in [7, 11) is 0. The molecular formula is C19H15FN6O2. The number of nitrogens with two attached hydrogens (primary N) is 1. The van der Waals surface area contributed by atoms with Crippen molar-refractivity contribution < 1.29 is 14.0 Å². The van der Waals surface area contributed by atoms with Crippen molar-refractivity contribution in [1.29, 1.82) is 0 Å². The Kier molecular flexibility index (Phi) is 4.11. The first-order valence-corrected chi connectivity index (χ1v) is 8.34. The van der Waals surface area contributed by atoms with Crippen molar-refractivity contribution in [3.63, 3.8) is 0 Å². The van der Waals surface area contributed by atoms with Crippen LogP contribution in [0, 0.1) is 12.7 Å². The average molecular weight is 378 g/mol. The third-order valence-corrected chi connectivity index (χ3v) is 4.26. The number of hydrogen-bond donors (Lipinski definition) is 3. The van der Waals surface area contributed by atoms with Crippen LogP contribution in [0.4, 0.5) is 10.1 Å². The van der Waals surface area contributed by atoms with Gasteiger partial charge in [-0.1, -0.05) is 0 Å². The number of benzene rings is 2. The van der Waals surface area contributed by atoms with Gasteiger partial charge in [0.25, 0.3) is 11.8 Å². The number of aryl methyl sites for hydroxylation is 1. The van der Waals surface area contributed by atoms with Crippen molar-refractivity contribution in [2.45, 2.75) is 6.92 Å². The number of aromatic amines is 1. The molecule has 0 aliphatic rings. The number of H-pyrrole nitrogens is 1. The number of carbonyl (C=O) groups excluding carboxylic acids is 2. The number of hydrogen-bond acceptors (Lipinski definition) is 4. The number of aromatic nitrogens is 4. The minimum Gasteiger partial charge on any atom is -0.364 e. The highest BCUT2D eigenvalue weighted by Crippen LogP contribution is 2.21. The summed E-state index contributed by atoms with van der Waals surface area (Å²) in [4.78, 5) is 24.1. The second-order valence-corrected chi connectivity index (χ2v) is 6.23. The smallest absolute Gasteiger partial charge is 0.276 e. The van der Waals surface area contributed by atoms with E-state index in [1.54, 1.807) is 43.5 Å². The lowest BCUT2D eigenvalue weighted by atomic mass is 10.1. The van der Waals surface area contributed by atoms with Crippen LogP contribution in [-0.2, 0) is 0 Å². The maximum Gasteiger partial charge on any atom is 0.276 e. The number of halogens is 1. The van der Waals surface area contributed by atoms with Crippen molar-refractivity contribution in [1.82, 2.24) is 20.0 Å². The van der Waals surface area contributed by atoms with Crippen molar-refractivity contribution >= 4 is 28.4 Å². The number of rotatable bonds is 4. The quantitative estimate of drug-likeness (QED) is 0.506. The molecule has 9 heteroatoms. The van der Waals surface area contributed by atoms with Crippen LogP contribution < -0.4 is 11.1 Å². The molecule has 0 aliphatic heterocycles. The Morgan fingerprint density at radius 2 is 1.89 bits per heavy atom. The van der Waals surface area contributed by atoms with E-state index in [1.165, 1.54) is 16.8 Å². The molecule has 0 aliphatic carbocycles. The van der Waals surface area contributed by atoms with Gasteiger partial charge in [-0.05, 0) is 49.4 Å². The third-order valence-electron chi connectivity index (χ3n) is 4.26. The summed E-state index contributed by atoms with van der Waals surface area (Å²) < 4.78 is 14.6. The fourth-order valence-electron chi connectivity index (χ4n) is 2.88. The van der Waals surface area contributed by atoms with Gasteiger partial charge >= 0.3 is 0 Å². The Hall–Kier alpha value is -4.01. The Morgan fingerprint density at radius 3 is 2.61 bits per heavy atom. The van der Waals surface area contributed by atoms with E-state index in [2.05, 4.69) is 20.6 Å². The van der Waals surface area contributed by atoms with Gasteiger partial charge in [0.1, 0.15) is 5.82 Å². The molecule has 4 N–H and O–H groups in total. The van der Waals surface area contributed by atoms with Crippen molar-refractivity contribution in [3.05, 3.63) is 71.4 Å². The molecule has 0 unspecified atom stereocenters. The molecule has 0 saturated carbocycles. The van der Waals surface area contributed by atoms with E-state index < -0.39 is 11.8 Å². The van der Waals surface area contributed by atoms with Crippen LogP contribution in [0.5, 0.6) is 0 Å². The summed E-state index contributed by atoms with van der Waals surface area (Å²) in [5, 5.41) is 14.1. The Labute approximate surface area is 158 Å². The first-order valence-electron chi connectivity index (χ1n) is 8.34. The molecule has 0 spiro atoms. The lowest BCUT2D eigenvalue weighted by Gasteiger charge is -2.04. The number of nitrogens with one attached hydrogen (secondary N) is 2. The lowest BCUT2D eigenvalue weighted by Crippen LogP contribution is -2.14. The molecule has 2 heterocycles. The van der Waals surface area contributed by atoms with Gasteiger partial charge in [-0.25, -0.2) is 9.07 Å². The monoisotopic (exact) mass is 378 g/mol. The molecule has 0 saturated heterocycles. The number of nitrogens with zero attached hydrogens (tertiary/aromatic N) is 3. The standard InChI is InChI=1S/C19H15FN6O2/c1-10-9-26(13-5-2-11(20)3-6-13)25-16(10)19(28)22-12-4-7-15-14(8-12)17(18(21)27)24-23-15/h2-9H,1H3,(H2,21,27)(H,22,28)(H,23,24). The molecule has 0 radical (unpaired) electrons. The molecule has 8 nitrogen and oxygen atoms in total. The van der Waals surface area contributed by atoms with Crippen LogP contribution in [0.15, 0.2) is 48.7 Å². The van der Waals surface area contributed by atoms with E-state index in [9.17, 15) is 14.0 Å². The third kappa shape index (κ3) is 3.09. The van der Waals surface area contributed by atoms with Gasteiger partial charge < -0.3 is 11.1 Å². The Bertz CT molecular complexity index is 1210. The molecule has 28 heavy (non-hydrogen) atoms. The largest absolute Gasteiger partial charge is 0.364 e. The first kappa shape index (κ1) is 17.4. The number of primary amides is 1. The highest BCUT2D eigenvalue weighted by Gasteiger charge is 2.17. The SMILES string of the molecule is Cc1cn(-c2ccc(F)cc2)nc1C(=O)Nc1ccc2[nH]nc(C(N)=O)c2c1. The van der Waals surface area contributed by atoms with Crippen LogP contribution in [0.1, 0.15) is 26.5 Å². The topological polar surface area (TPSA) is 119 Å². The summed E-state index contributed by atoms with van der Waals surface area (Å²) in [6.45, 7) is 1.76. The van der Waals surface area contributed by atoms with Gasteiger partial charge in [0.2, 0.25) is 0 Å². The zero-order valence-electron chi connectivity index (χ0n) is 14.7. The normalized spacial score (nSPS) is 10.9. The molecule has 0 bridgehead atoms. The van der Waals surface area contributed by atoms with Gasteiger partial charge in [-0.2, -0.15) is 10.2 Å². The minimum atomic E-state index is -0.663. The van der Waals surface area contributed by atoms with E-state index in [4.69, 9.17) is 5.73 Å². The molecule has 4 aromatic rings. The number of carbonyl (C=O) groups is 2. The minimum absolute atomic E-state index is 0.0999. The Balaban J connectivity index is 1.62. The van der Waals surface area contributed by atoms with E-state index >= 15 is 0 Å². The van der Waals surface area contributed by atoms with Crippen LogP contribution in [0.2, 0.25) is 0 Å². The fourth-order valence-corrected chi connectivity index (χ4v) is 2.88. The summed E-state index contributed by atoms with van der Waals surface area (Å²) in [6.07, 6.45) is 1.69. The van der Waals surface area contributed by atoms with Gasteiger partial charge in [0, 0.05) is 22.8 Å². The molecular weight excluding hydrogens is 363 g/mol. The maximum atomic E-state index is 13.1. The summed E-state index contributed by atoms with van der Waals surface area (Å²) in [6, 6.07) is 10.8. The van der Waals surface area contributed by atoms with E-state index in [0.29, 0.717) is 27.8 Å². The molecule has 2 aromatic heterocycles. The van der Waals surface area contributed by atoms with Crippen molar-refractivity contribution in [2.75, 3.05) is 5.32 Å². The number of amides is 2. The predicted octanol–water partition coefficient (Wildman–Crippen LogP) is 2.55. The highest BCUT2D eigenvalue weighted by atomic mass is 19.1. The van der Waals surface area contributed by atoms with Gasteiger partial charge in [-0.15, -0.1) is 0 Å². The van der Waals surface area contributed by atoms with Crippen LogP contribution in [-0.4, -0.2) is 31.8 Å². The fraction of sp³-hybridized carbons (Fsp3) is 0.0526. The summed E-state index contributed by atoms with van der Waals surface area (Å²) in [5.41, 5.74) is 8.03. The van der Waals surface area contributed by atoms with E-state index in [-0.39, 0.29) is 17.2 Å². The predicted molar refractivity (Wildman–Crippen MR) is 101 cm³/mol. The van der Waals surface area contributed by atoms with Crippen LogP contribution >= 0.6 is 0 Å². The molecule has 140 valence electrons. The second-order valence-electron chi connectivity index (χ2n) is 6.23. The van der Waals surface area contributed by atoms with E-state index in [0.717, 1.165) is 0 Å². The summed E-state index contributed by atoms with van der Waals surface area (Å²) >= 11 is 0. The van der Waals surface area contributed by atoms with Gasteiger partial charge in [0.15, 0.2) is 11.4 Å². The number of anilines is 1. The summed E-state index contributed by atoms with van der Waals surface area (Å²) in [5.74, 6) is -1.43. The lowest BCUT2D eigenvalue weighted by molar-refractivity contribution is 0.0994. The molecule has 2 amide bonds. The van der Waals surface area contributed by atoms with Crippen molar-refractivity contribution in [2.24, 2.45) is 5.73 Å². The van der Waals surface area contributed by atoms with Crippen LogP contribution in [0.25, 0.3) is 16.6 Å². The zero-order chi connectivity index (χ0) is 19.8. The van der Waals surface area contributed by atoms with Gasteiger partial charge in [-0.3, -0.25) is 14.7 Å². The highest BCUT2D eigenvalue weighted by molar-refractivity contribution is 6.07.